The van der Waals surface area contributed by atoms with Gasteiger partial charge in [0.2, 0.25) is 0 Å². The molecule has 2 heterocycles. The van der Waals surface area contributed by atoms with Crippen molar-refractivity contribution in [2.45, 2.75) is 13.5 Å². The number of aromatic nitrogens is 2. The lowest BCUT2D eigenvalue weighted by molar-refractivity contribution is 0.827. The summed E-state index contributed by atoms with van der Waals surface area (Å²) in [5.74, 6) is 0. The largest absolute Gasteiger partial charge is 0.341 e. The van der Waals surface area contributed by atoms with Crippen LogP contribution in [0, 0.1) is 0 Å². The molecule has 0 unspecified atom stereocenters. The molecule has 2 nitrogen and oxygen atoms in total. The predicted octanol–water partition coefficient (Wildman–Crippen LogP) is 9.73. The quantitative estimate of drug-likeness (QED) is 0.235. The van der Waals surface area contributed by atoms with Gasteiger partial charge in [-0.3, -0.25) is 0 Å². The number of rotatable bonds is 3. The van der Waals surface area contributed by atoms with Crippen LogP contribution in [0.4, 0.5) is 0 Å². The maximum absolute atomic E-state index is 2.41. The molecule has 6 aromatic carbocycles. The highest BCUT2D eigenvalue weighted by atomic mass is 15.0. The number of fused-ring (bicyclic) bond motifs is 7. The van der Waals surface area contributed by atoms with Crippen molar-refractivity contribution in [2.24, 2.45) is 0 Å². The van der Waals surface area contributed by atoms with Gasteiger partial charge in [-0.1, -0.05) is 78.9 Å². The third-order valence-corrected chi connectivity index (χ3v) is 8.09. The van der Waals surface area contributed by atoms with Gasteiger partial charge in [0.25, 0.3) is 0 Å². The summed E-state index contributed by atoms with van der Waals surface area (Å²) < 4.78 is 4.81. The molecule has 0 aliphatic heterocycles. The lowest BCUT2D eigenvalue weighted by atomic mass is 10.0. The number of aryl methyl sites for hydroxylation is 1. The van der Waals surface area contributed by atoms with E-state index in [2.05, 4.69) is 143 Å². The fourth-order valence-corrected chi connectivity index (χ4v) is 6.32. The van der Waals surface area contributed by atoms with E-state index in [1.165, 1.54) is 71.2 Å². The van der Waals surface area contributed by atoms with Gasteiger partial charge in [-0.05, 0) is 77.4 Å². The first-order valence-electron chi connectivity index (χ1n) is 13.3. The summed E-state index contributed by atoms with van der Waals surface area (Å²) in [7, 11) is 0. The van der Waals surface area contributed by atoms with Crippen molar-refractivity contribution in [3.63, 3.8) is 0 Å². The summed E-state index contributed by atoms with van der Waals surface area (Å²) in [6.07, 6.45) is 0. The third kappa shape index (κ3) is 3.01. The molecule has 8 aromatic rings. The van der Waals surface area contributed by atoms with Gasteiger partial charge in [0.05, 0.1) is 11.0 Å². The normalized spacial score (nSPS) is 11.9. The molecule has 0 bridgehead atoms. The number of benzene rings is 6. The Morgan fingerprint density at radius 2 is 1.00 bits per heavy atom. The van der Waals surface area contributed by atoms with E-state index in [4.69, 9.17) is 0 Å². The molecule has 2 heteroatoms. The van der Waals surface area contributed by atoms with E-state index >= 15 is 0 Å². The molecule has 0 N–H and O–H groups in total. The van der Waals surface area contributed by atoms with Crippen LogP contribution >= 0.6 is 0 Å². The van der Waals surface area contributed by atoms with E-state index in [0.717, 1.165) is 6.54 Å². The van der Waals surface area contributed by atoms with E-state index in [1.54, 1.807) is 0 Å². The van der Waals surface area contributed by atoms with Crippen LogP contribution in [0.15, 0.2) is 127 Å². The number of nitrogens with zero attached hydrogens (tertiary/aromatic N) is 2. The lowest BCUT2D eigenvalue weighted by Gasteiger charge is -2.10. The second kappa shape index (κ2) is 8.09. The first-order valence-corrected chi connectivity index (χ1v) is 13.3. The first kappa shape index (κ1) is 21.3. The van der Waals surface area contributed by atoms with E-state index < -0.39 is 0 Å². The Morgan fingerprint density at radius 3 is 1.76 bits per heavy atom. The molecule has 0 fully saturated rings. The minimum atomic E-state index is 0.962. The van der Waals surface area contributed by atoms with Crippen LogP contribution in [0.5, 0.6) is 0 Å². The molecule has 0 amide bonds. The van der Waals surface area contributed by atoms with Gasteiger partial charge < -0.3 is 9.13 Å². The second-order valence-corrected chi connectivity index (χ2v) is 10.1. The maximum Gasteiger partial charge on any atom is 0.0541 e. The highest BCUT2D eigenvalue weighted by Crippen LogP contribution is 2.37. The van der Waals surface area contributed by atoms with Crippen molar-refractivity contribution in [3.05, 3.63) is 127 Å². The van der Waals surface area contributed by atoms with Crippen molar-refractivity contribution in [1.82, 2.24) is 9.13 Å². The summed E-state index contributed by atoms with van der Waals surface area (Å²) in [6, 6.07) is 46.7. The van der Waals surface area contributed by atoms with Crippen molar-refractivity contribution in [1.29, 1.82) is 0 Å². The van der Waals surface area contributed by atoms with E-state index in [9.17, 15) is 0 Å². The molecule has 38 heavy (non-hydrogen) atoms. The molecule has 0 aliphatic rings. The highest BCUT2D eigenvalue weighted by molar-refractivity contribution is 6.12. The first-order chi connectivity index (χ1) is 18.8. The van der Waals surface area contributed by atoms with Crippen LogP contribution in [0.3, 0.4) is 0 Å². The molecule has 0 saturated carbocycles. The Balaban J connectivity index is 1.36. The monoisotopic (exact) mass is 486 g/mol. The molecule has 0 spiro atoms. The Kier molecular flexibility index (Phi) is 4.53. The number of hydrogen-bond acceptors (Lipinski definition) is 0. The van der Waals surface area contributed by atoms with Gasteiger partial charge in [-0.25, -0.2) is 0 Å². The summed E-state index contributed by atoms with van der Waals surface area (Å²) >= 11 is 0. The zero-order chi connectivity index (χ0) is 25.2. The summed E-state index contributed by atoms with van der Waals surface area (Å²) in [5.41, 5.74) is 8.75. The SMILES string of the molecule is CCn1c2ccccc2c2cc(-c3ccc4c(c3)c3ccccc3n4-c3ccc4ccccc4c3)ccc21. The van der Waals surface area contributed by atoms with Gasteiger partial charge in [-0.2, -0.15) is 0 Å². The minimum Gasteiger partial charge on any atom is -0.341 e. The summed E-state index contributed by atoms with van der Waals surface area (Å²) in [4.78, 5) is 0. The van der Waals surface area contributed by atoms with Gasteiger partial charge in [0.1, 0.15) is 0 Å². The van der Waals surface area contributed by atoms with E-state index in [0.29, 0.717) is 0 Å². The van der Waals surface area contributed by atoms with Crippen molar-refractivity contribution < 1.29 is 0 Å². The van der Waals surface area contributed by atoms with Crippen molar-refractivity contribution in [2.75, 3.05) is 0 Å². The van der Waals surface area contributed by atoms with Gasteiger partial charge in [0.15, 0.2) is 0 Å². The van der Waals surface area contributed by atoms with Crippen LogP contribution in [-0.2, 0) is 6.54 Å². The fourth-order valence-electron chi connectivity index (χ4n) is 6.32. The Bertz CT molecular complexity index is 2170. The van der Waals surface area contributed by atoms with Crippen LogP contribution in [0.25, 0.3) is 71.2 Å². The topological polar surface area (TPSA) is 9.86 Å². The van der Waals surface area contributed by atoms with Gasteiger partial charge >= 0.3 is 0 Å². The zero-order valence-electron chi connectivity index (χ0n) is 21.2. The van der Waals surface area contributed by atoms with Crippen LogP contribution in [0.2, 0.25) is 0 Å². The van der Waals surface area contributed by atoms with Gasteiger partial charge in [0, 0.05) is 44.8 Å². The average Bonchev–Trinajstić information content (AvgIpc) is 3.48. The minimum absolute atomic E-state index is 0.962. The molecule has 0 aliphatic carbocycles. The van der Waals surface area contributed by atoms with E-state index in [-0.39, 0.29) is 0 Å². The smallest absolute Gasteiger partial charge is 0.0541 e. The molecule has 2 aromatic heterocycles. The molecule has 0 radical (unpaired) electrons. The van der Waals surface area contributed by atoms with Crippen LogP contribution in [-0.4, -0.2) is 9.13 Å². The van der Waals surface area contributed by atoms with Crippen LogP contribution in [0.1, 0.15) is 6.92 Å². The number of hydrogen-bond donors (Lipinski definition) is 0. The van der Waals surface area contributed by atoms with Gasteiger partial charge in [-0.15, -0.1) is 0 Å². The zero-order valence-corrected chi connectivity index (χ0v) is 21.2. The van der Waals surface area contributed by atoms with E-state index in [1.807, 2.05) is 0 Å². The maximum atomic E-state index is 2.41. The molecular weight excluding hydrogens is 460 g/mol. The Morgan fingerprint density at radius 1 is 0.447 bits per heavy atom. The summed E-state index contributed by atoms with van der Waals surface area (Å²) in [5, 5.41) is 7.72. The third-order valence-electron chi connectivity index (χ3n) is 8.09. The molecule has 0 atom stereocenters. The molecule has 8 rings (SSSR count). The Hall–Kier alpha value is -4.82. The fraction of sp³-hybridized carbons (Fsp3) is 0.0556. The predicted molar refractivity (Wildman–Crippen MR) is 162 cm³/mol. The Labute approximate surface area is 221 Å². The number of para-hydroxylation sites is 2. The molecule has 0 saturated heterocycles. The van der Waals surface area contributed by atoms with Crippen molar-refractivity contribution >= 4 is 54.4 Å². The second-order valence-electron chi connectivity index (χ2n) is 10.1. The van der Waals surface area contributed by atoms with Crippen molar-refractivity contribution in [3.8, 4) is 16.8 Å². The average molecular weight is 487 g/mol. The lowest BCUT2D eigenvalue weighted by Crippen LogP contribution is -1.93. The summed E-state index contributed by atoms with van der Waals surface area (Å²) in [6.45, 7) is 3.18. The highest BCUT2D eigenvalue weighted by Gasteiger charge is 2.15. The standard InChI is InChI=1S/C36H26N2/c1-2-37-33-13-7-5-11-29(33)31-22-26(16-19-34(31)37)27-17-20-36-32(23-27)30-12-6-8-14-35(30)38(36)28-18-15-24-9-3-4-10-25(24)21-28/h3-23H,2H2,1H3. The molecule has 180 valence electrons. The van der Waals surface area contributed by atoms with Crippen LogP contribution < -0.4 is 0 Å². The molecular formula is C36H26N2.